The standard InChI is InChI=1S/C11H13F3OS/c1-10(2,3)16-9-6-4-8(5-7-9)15-11(12,13)14/h4-7H,1-3H3. The Morgan fingerprint density at radius 2 is 1.50 bits per heavy atom. The van der Waals surface area contributed by atoms with Gasteiger partial charge < -0.3 is 4.74 Å². The zero-order valence-electron chi connectivity index (χ0n) is 9.26. The van der Waals surface area contributed by atoms with Gasteiger partial charge in [-0.2, -0.15) is 0 Å². The van der Waals surface area contributed by atoms with Crippen LogP contribution in [-0.2, 0) is 0 Å². The van der Waals surface area contributed by atoms with Crippen molar-refractivity contribution in [2.24, 2.45) is 0 Å². The van der Waals surface area contributed by atoms with Gasteiger partial charge in [-0.15, -0.1) is 24.9 Å². The average molecular weight is 250 g/mol. The number of halogens is 3. The second kappa shape index (κ2) is 4.57. The Morgan fingerprint density at radius 1 is 1.00 bits per heavy atom. The number of hydrogen-bond acceptors (Lipinski definition) is 2. The minimum atomic E-state index is -4.63. The van der Waals surface area contributed by atoms with E-state index < -0.39 is 6.36 Å². The lowest BCUT2D eigenvalue weighted by atomic mass is 10.3. The molecule has 16 heavy (non-hydrogen) atoms. The molecule has 0 atom stereocenters. The van der Waals surface area contributed by atoms with Crippen LogP contribution in [0.15, 0.2) is 29.2 Å². The summed E-state index contributed by atoms with van der Waals surface area (Å²) in [4.78, 5) is 0.919. The van der Waals surface area contributed by atoms with Crippen LogP contribution in [0, 0.1) is 0 Å². The van der Waals surface area contributed by atoms with Crippen LogP contribution in [0.4, 0.5) is 13.2 Å². The van der Waals surface area contributed by atoms with Gasteiger partial charge in [0, 0.05) is 9.64 Å². The number of thioether (sulfide) groups is 1. The van der Waals surface area contributed by atoms with Crippen molar-refractivity contribution >= 4 is 11.8 Å². The first kappa shape index (κ1) is 13.2. The third kappa shape index (κ3) is 5.30. The third-order valence-corrected chi connectivity index (χ3v) is 2.60. The van der Waals surface area contributed by atoms with E-state index in [-0.39, 0.29) is 10.5 Å². The number of hydrogen-bond donors (Lipinski definition) is 0. The number of benzene rings is 1. The summed E-state index contributed by atoms with van der Waals surface area (Å²) in [5.74, 6) is -0.189. The van der Waals surface area contributed by atoms with Gasteiger partial charge in [0.15, 0.2) is 0 Å². The van der Waals surface area contributed by atoms with Crippen molar-refractivity contribution in [2.45, 2.75) is 36.8 Å². The smallest absolute Gasteiger partial charge is 0.406 e. The average Bonchev–Trinajstić information content (AvgIpc) is 2.03. The van der Waals surface area contributed by atoms with E-state index in [0.717, 1.165) is 4.90 Å². The summed E-state index contributed by atoms with van der Waals surface area (Å²) in [5, 5.41) is 0. The fraction of sp³-hybridized carbons (Fsp3) is 0.455. The molecule has 0 heterocycles. The van der Waals surface area contributed by atoms with E-state index in [9.17, 15) is 13.2 Å². The minimum Gasteiger partial charge on any atom is -0.406 e. The highest BCUT2D eigenvalue weighted by Gasteiger charge is 2.30. The van der Waals surface area contributed by atoms with Gasteiger partial charge in [-0.1, -0.05) is 20.8 Å². The lowest BCUT2D eigenvalue weighted by Crippen LogP contribution is -2.17. The van der Waals surface area contributed by atoms with Gasteiger partial charge in [0.2, 0.25) is 0 Å². The van der Waals surface area contributed by atoms with Crippen LogP contribution < -0.4 is 4.74 Å². The molecule has 1 rings (SSSR count). The van der Waals surface area contributed by atoms with Crippen molar-refractivity contribution < 1.29 is 17.9 Å². The number of alkyl halides is 3. The molecule has 0 amide bonds. The van der Waals surface area contributed by atoms with Crippen LogP contribution in [-0.4, -0.2) is 11.1 Å². The van der Waals surface area contributed by atoms with Crippen molar-refractivity contribution in [2.75, 3.05) is 0 Å². The largest absolute Gasteiger partial charge is 0.573 e. The highest BCUT2D eigenvalue weighted by atomic mass is 32.2. The minimum absolute atomic E-state index is 0.0341. The molecule has 0 radical (unpaired) electrons. The lowest BCUT2D eigenvalue weighted by molar-refractivity contribution is -0.274. The Labute approximate surface area is 97.0 Å². The summed E-state index contributed by atoms with van der Waals surface area (Å²) < 4.78 is 39.5. The lowest BCUT2D eigenvalue weighted by Gasteiger charge is -2.17. The molecular formula is C11H13F3OS. The molecule has 0 N–H and O–H groups in total. The molecule has 1 nitrogen and oxygen atoms in total. The topological polar surface area (TPSA) is 9.23 Å². The zero-order valence-corrected chi connectivity index (χ0v) is 10.1. The van der Waals surface area contributed by atoms with E-state index in [4.69, 9.17) is 0 Å². The van der Waals surface area contributed by atoms with E-state index in [1.165, 1.54) is 12.1 Å². The molecule has 0 aliphatic heterocycles. The summed E-state index contributed by atoms with van der Waals surface area (Å²) in [7, 11) is 0. The van der Waals surface area contributed by atoms with Crippen molar-refractivity contribution in [3.63, 3.8) is 0 Å². The number of ether oxygens (including phenoxy) is 1. The van der Waals surface area contributed by atoms with Crippen LogP contribution in [0.25, 0.3) is 0 Å². The SMILES string of the molecule is CC(C)(C)Sc1ccc(OC(F)(F)F)cc1. The highest BCUT2D eigenvalue weighted by molar-refractivity contribution is 8.00. The molecule has 0 aliphatic rings. The Hall–Kier alpha value is -0.840. The Bertz CT molecular complexity index is 303. The fourth-order valence-corrected chi connectivity index (χ4v) is 2.04. The third-order valence-electron chi connectivity index (χ3n) is 1.48. The van der Waals surface area contributed by atoms with Crippen molar-refractivity contribution in [3.05, 3.63) is 24.3 Å². The monoisotopic (exact) mass is 250 g/mol. The van der Waals surface area contributed by atoms with Crippen molar-refractivity contribution in [1.29, 1.82) is 0 Å². The van der Waals surface area contributed by atoms with E-state index in [1.807, 2.05) is 20.8 Å². The van der Waals surface area contributed by atoms with Crippen LogP contribution in [0.2, 0.25) is 0 Å². The first-order valence-corrected chi connectivity index (χ1v) is 5.52. The predicted octanol–water partition coefficient (Wildman–Crippen LogP) is 4.48. The molecule has 0 aromatic heterocycles. The van der Waals surface area contributed by atoms with Crippen LogP contribution in [0.3, 0.4) is 0 Å². The molecule has 0 fully saturated rings. The van der Waals surface area contributed by atoms with Gasteiger partial charge >= 0.3 is 6.36 Å². The maximum atomic E-state index is 11.9. The van der Waals surface area contributed by atoms with Gasteiger partial charge in [0.05, 0.1) is 0 Å². The molecule has 1 aromatic rings. The molecule has 5 heteroatoms. The number of rotatable bonds is 2. The first-order valence-electron chi connectivity index (χ1n) is 4.70. The molecule has 0 unspecified atom stereocenters. The van der Waals surface area contributed by atoms with Crippen LogP contribution >= 0.6 is 11.8 Å². The molecule has 0 bridgehead atoms. The van der Waals surface area contributed by atoms with Crippen LogP contribution in [0.5, 0.6) is 5.75 Å². The highest BCUT2D eigenvalue weighted by Crippen LogP contribution is 2.33. The fourth-order valence-electron chi connectivity index (χ4n) is 1.06. The molecule has 1 aromatic carbocycles. The summed E-state index contributed by atoms with van der Waals surface area (Å²) in [6.45, 7) is 6.12. The Kier molecular flexibility index (Phi) is 3.78. The predicted molar refractivity (Wildman–Crippen MR) is 58.7 cm³/mol. The molecule has 90 valence electrons. The van der Waals surface area contributed by atoms with E-state index in [0.29, 0.717) is 0 Å². The van der Waals surface area contributed by atoms with Gasteiger partial charge in [0.1, 0.15) is 5.75 Å². The quantitative estimate of drug-likeness (QED) is 0.716. The van der Waals surface area contributed by atoms with Crippen molar-refractivity contribution in [1.82, 2.24) is 0 Å². The van der Waals surface area contributed by atoms with Gasteiger partial charge in [0.25, 0.3) is 0 Å². The van der Waals surface area contributed by atoms with Crippen molar-refractivity contribution in [3.8, 4) is 5.75 Å². The maximum absolute atomic E-state index is 11.9. The van der Waals surface area contributed by atoms with Gasteiger partial charge in [-0.3, -0.25) is 0 Å². The van der Waals surface area contributed by atoms with E-state index in [1.54, 1.807) is 23.9 Å². The molecule has 0 saturated heterocycles. The maximum Gasteiger partial charge on any atom is 0.573 e. The summed E-state index contributed by atoms with van der Waals surface area (Å²) >= 11 is 1.59. The molecular weight excluding hydrogens is 237 g/mol. The first-order chi connectivity index (χ1) is 7.16. The van der Waals surface area contributed by atoms with Gasteiger partial charge in [-0.25, -0.2) is 0 Å². The van der Waals surface area contributed by atoms with Crippen LogP contribution in [0.1, 0.15) is 20.8 Å². The second-order valence-corrected chi connectivity index (χ2v) is 6.13. The van der Waals surface area contributed by atoms with E-state index in [2.05, 4.69) is 4.74 Å². The molecule has 0 aliphatic carbocycles. The Balaban J connectivity index is 2.69. The van der Waals surface area contributed by atoms with E-state index >= 15 is 0 Å². The zero-order chi connectivity index (χ0) is 12.4. The summed E-state index contributed by atoms with van der Waals surface area (Å²) in [6, 6.07) is 5.89. The summed E-state index contributed by atoms with van der Waals surface area (Å²) in [5.41, 5.74) is 0. The summed E-state index contributed by atoms with van der Waals surface area (Å²) in [6.07, 6.45) is -4.63. The molecule has 0 saturated carbocycles. The van der Waals surface area contributed by atoms with Gasteiger partial charge in [-0.05, 0) is 24.3 Å². The Morgan fingerprint density at radius 3 is 1.88 bits per heavy atom. The normalized spacial score (nSPS) is 12.6. The second-order valence-electron chi connectivity index (χ2n) is 4.23. The molecule has 0 spiro atoms.